The van der Waals surface area contributed by atoms with Crippen LogP contribution < -0.4 is 5.23 Å². The van der Waals surface area contributed by atoms with Crippen LogP contribution in [0.15, 0.2) is 24.3 Å². The molecule has 1 rings (SSSR count). The van der Waals surface area contributed by atoms with Crippen molar-refractivity contribution in [2.45, 2.75) is 26.2 Å². The molecule has 3 N–H and O–H groups in total. The summed E-state index contributed by atoms with van der Waals surface area (Å²) in [7, 11) is -0.717. The molecule has 0 spiro atoms. The summed E-state index contributed by atoms with van der Waals surface area (Å²) in [4.78, 5) is 11.3. The van der Waals surface area contributed by atoms with Crippen molar-refractivity contribution in [2.24, 2.45) is 0 Å². The summed E-state index contributed by atoms with van der Waals surface area (Å²) in [5, 5.41) is 21.1. The zero-order chi connectivity index (χ0) is 12.1. The van der Waals surface area contributed by atoms with E-state index in [2.05, 4.69) is 5.23 Å². The molecular weight excluding hydrogens is 205 g/mol. The molecule has 0 fully saturated rings. The summed E-state index contributed by atoms with van der Waals surface area (Å²) in [6.07, 6.45) is 0.501. The van der Waals surface area contributed by atoms with E-state index >= 15 is 0 Å². The highest BCUT2D eigenvalue weighted by atomic mass is 16.3. The molecule has 0 bridgehead atoms. The number of phenols is 1. The summed E-state index contributed by atoms with van der Waals surface area (Å²) in [5.74, 6) is 0.181. The van der Waals surface area contributed by atoms with Gasteiger partial charge in [0, 0.05) is 0 Å². The molecule has 0 aliphatic rings. The largest absolute Gasteiger partial charge is 0.508 e. The molecule has 0 aliphatic heterocycles. The smallest absolute Gasteiger partial charge is 0.374 e. The maximum absolute atomic E-state index is 11.3. The van der Waals surface area contributed by atoms with E-state index in [0.29, 0.717) is 6.42 Å². The van der Waals surface area contributed by atoms with Gasteiger partial charge in [0.15, 0.2) is 0 Å². The monoisotopic (exact) mass is 221 g/mol. The van der Waals surface area contributed by atoms with Gasteiger partial charge in [-0.3, -0.25) is 4.79 Å². The molecule has 1 aromatic carbocycles. The fourth-order valence-electron chi connectivity index (χ4n) is 1.48. The number of ketones is 1. The van der Waals surface area contributed by atoms with E-state index in [0.717, 1.165) is 5.56 Å². The van der Waals surface area contributed by atoms with Gasteiger partial charge in [-0.1, -0.05) is 12.1 Å². The second kappa shape index (κ2) is 5.68. The Morgan fingerprint density at radius 1 is 1.44 bits per heavy atom. The van der Waals surface area contributed by atoms with Crippen molar-refractivity contribution in [2.75, 3.05) is 0 Å². The van der Waals surface area contributed by atoms with Gasteiger partial charge < -0.3 is 15.4 Å². The van der Waals surface area contributed by atoms with Crippen molar-refractivity contribution in [3.8, 4) is 5.75 Å². The lowest BCUT2D eigenvalue weighted by Gasteiger charge is -2.16. The van der Waals surface area contributed by atoms with Gasteiger partial charge in [0.1, 0.15) is 11.5 Å². The Labute approximate surface area is 95.4 Å². The number of aromatic hydroxyl groups is 1. The lowest BCUT2D eigenvalue weighted by Crippen LogP contribution is -2.45. The second-order valence-corrected chi connectivity index (χ2v) is 3.88. The predicted molar refractivity (Wildman–Crippen MR) is 63.3 cm³/mol. The molecular formula is C11H16BNO3. The second-order valence-electron chi connectivity index (χ2n) is 3.88. The van der Waals surface area contributed by atoms with E-state index in [1.807, 2.05) is 0 Å². The quantitative estimate of drug-likeness (QED) is 0.636. The van der Waals surface area contributed by atoms with Crippen LogP contribution in [0.1, 0.15) is 12.5 Å². The van der Waals surface area contributed by atoms with Crippen molar-refractivity contribution in [3.05, 3.63) is 29.8 Å². The highest BCUT2D eigenvalue weighted by Gasteiger charge is 2.17. The Balaban J connectivity index is 2.68. The maximum Gasteiger partial charge on any atom is 0.374 e. The lowest BCUT2D eigenvalue weighted by molar-refractivity contribution is -0.118. The topological polar surface area (TPSA) is 69.6 Å². The average Bonchev–Trinajstić information content (AvgIpc) is 2.19. The van der Waals surface area contributed by atoms with E-state index in [9.17, 15) is 9.82 Å². The normalized spacial score (nSPS) is 12.2. The Kier molecular flexibility index (Phi) is 4.52. The standard InChI is InChI=1S/C11H16BNO3/c1-8(14)11(13-12(2)16)7-9-3-5-10(15)6-4-9/h3-6,11,13,15-16H,7H2,1-2H3/t11-/m0/s1. The van der Waals surface area contributed by atoms with Gasteiger partial charge in [-0.2, -0.15) is 0 Å². The van der Waals surface area contributed by atoms with Gasteiger partial charge in [0.25, 0.3) is 0 Å². The van der Waals surface area contributed by atoms with Crippen LogP contribution in [0.2, 0.25) is 6.82 Å². The Morgan fingerprint density at radius 3 is 2.44 bits per heavy atom. The van der Waals surface area contributed by atoms with Gasteiger partial charge in [-0.15, -0.1) is 0 Å². The fourth-order valence-corrected chi connectivity index (χ4v) is 1.48. The first-order chi connectivity index (χ1) is 7.49. The Hall–Kier alpha value is -1.33. The number of phenolic OH excluding ortho intramolecular Hbond substituents is 1. The van der Waals surface area contributed by atoms with E-state index in [1.165, 1.54) is 6.92 Å². The van der Waals surface area contributed by atoms with Crippen molar-refractivity contribution in [1.29, 1.82) is 0 Å². The van der Waals surface area contributed by atoms with Crippen LogP contribution in [-0.4, -0.2) is 29.0 Å². The summed E-state index contributed by atoms with van der Waals surface area (Å²) >= 11 is 0. The van der Waals surface area contributed by atoms with Crippen molar-refractivity contribution < 1.29 is 14.9 Å². The summed E-state index contributed by atoms with van der Waals surface area (Å²) in [5.41, 5.74) is 0.936. The van der Waals surface area contributed by atoms with Crippen LogP contribution in [-0.2, 0) is 11.2 Å². The van der Waals surface area contributed by atoms with E-state index in [1.54, 1.807) is 31.1 Å². The number of rotatable bonds is 5. The third-order valence-electron chi connectivity index (χ3n) is 2.31. The summed E-state index contributed by atoms with van der Waals surface area (Å²) in [6.45, 7) is 3.06. The number of nitrogens with one attached hydrogen (secondary N) is 1. The molecule has 0 saturated carbocycles. The highest BCUT2D eigenvalue weighted by Crippen LogP contribution is 2.11. The molecule has 16 heavy (non-hydrogen) atoms. The van der Waals surface area contributed by atoms with Crippen LogP contribution in [0.5, 0.6) is 5.75 Å². The van der Waals surface area contributed by atoms with Crippen molar-refractivity contribution >= 4 is 12.8 Å². The Morgan fingerprint density at radius 2 is 2.00 bits per heavy atom. The van der Waals surface area contributed by atoms with Crippen LogP contribution in [0, 0.1) is 0 Å². The van der Waals surface area contributed by atoms with Crippen LogP contribution in [0.3, 0.4) is 0 Å². The van der Waals surface area contributed by atoms with Crippen molar-refractivity contribution in [3.63, 3.8) is 0 Å². The maximum atomic E-state index is 11.3. The number of hydrogen-bond donors (Lipinski definition) is 3. The summed E-state index contributed by atoms with van der Waals surface area (Å²) in [6, 6.07) is 6.28. The van der Waals surface area contributed by atoms with Gasteiger partial charge in [-0.05, 0) is 37.9 Å². The van der Waals surface area contributed by atoms with Gasteiger partial charge in [0.2, 0.25) is 0 Å². The molecule has 0 amide bonds. The molecule has 0 radical (unpaired) electrons. The van der Waals surface area contributed by atoms with Crippen LogP contribution in [0.25, 0.3) is 0 Å². The molecule has 5 heteroatoms. The zero-order valence-electron chi connectivity index (χ0n) is 9.47. The molecule has 4 nitrogen and oxygen atoms in total. The first kappa shape index (κ1) is 12.7. The van der Waals surface area contributed by atoms with Gasteiger partial charge in [-0.25, -0.2) is 0 Å². The SMILES string of the molecule is CB(O)N[C@@H](Cc1ccc(O)cc1)C(C)=O. The van der Waals surface area contributed by atoms with E-state index in [4.69, 9.17) is 5.11 Å². The molecule has 0 heterocycles. The Bertz CT molecular complexity index is 351. The van der Waals surface area contributed by atoms with Gasteiger partial charge >= 0.3 is 7.05 Å². The molecule has 0 aromatic heterocycles. The molecule has 0 unspecified atom stereocenters. The average molecular weight is 221 g/mol. The number of hydrogen-bond acceptors (Lipinski definition) is 4. The number of carbonyl (C=O) groups is 1. The van der Waals surface area contributed by atoms with Crippen LogP contribution in [0.4, 0.5) is 0 Å². The summed E-state index contributed by atoms with van der Waals surface area (Å²) < 4.78 is 0. The zero-order valence-corrected chi connectivity index (χ0v) is 9.47. The minimum absolute atomic E-state index is 0.0195. The van der Waals surface area contributed by atoms with Crippen molar-refractivity contribution in [1.82, 2.24) is 5.23 Å². The molecule has 0 saturated heterocycles. The third-order valence-corrected chi connectivity index (χ3v) is 2.31. The molecule has 1 atom stereocenters. The number of benzene rings is 1. The first-order valence-corrected chi connectivity index (χ1v) is 5.21. The van der Waals surface area contributed by atoms with E-state index < -0.39 is 13.1 Å². The van der Waals surface area contributed by atoms with Crippen LogP contribution >= 0.6 is 0 Å². The number of carbonyl (C=O) groups excluding carboxylic acids is 1. The minimum Gasteiger partial charge on any atom is -0.508 e. The molecule has 1 aromatic rings. The number of Topliss-reactive ketones (excluding diaryl/α,β-unsaturated/α-hetero) is 1. The fraction of sp³-hybridized carbons (Fsp3) is 0.364. The third kappa shape index (κ3) is 4.04. The van der Waals surface area contributed by atoms with Gasteiger partial charge in [0.05, 0.1) is 6.04 Å². The minimum atomic E-state index is -0.717. The van der Waals surface area contributed by atoms with E-state index in [-0.39, 0.29) is 11.5 Å². The molecule has 0 aliphatic carbocycles. The first-order valence-electron chi connectivity index (χ1n) is 5.21. The molecule has 86 valence electrons. The highest BCUT2D eigenvalue weighted by molar-refractivity contribution is 6.46. The lowest BCUT2D eigenvalue weighted by atomic mass is 9.85. The predicted octanol–water partition coefficient (Wildman–Crippen LogP) is 0.592.